The van der Waals surface area contributed by atoms with Crippen molar-refractivity contribution >= 4 is 15.7 Å². The van der Waals surface area contributed by atoms with Crippen molar-refractivity contribution in [1.29, 1.82) is 0 Å². The van der Waals surface area contributed by atoms with Gasteiger partial charge in [-0.15, -0.1) is 0 Å². The Hall–Kier alpha value is -0.880. The first kappa shape index (κ1) is 16.2. The van der Waals surface area contributed by atoms with Gasteiger partial charge >= 0.3 is 0 Å². The molecule has 0 fully saturated rings. The Balaban J connectivity index is 2.27. The summed E-state index contributed by atoms with van der Waals surface area (Å²) in [5.74, 6) is -0.667. The van der Waals surface area contributed by atoms with Gasteiger partial charge in [-0.25, -0.2) is 8.42 Å². The minimum Gasteiger partial charge on any atom is -0.351 e. The van der Waals surface area contributed by atoms with Gasteiger partial charge < -0.3 is 10.6 Å². The van der Waals surface area contributed by atoms with E-state index >= 15 is 0 Å². The topological polar surface area (TPSA) is 75.3 Å². The predicted octanol–water partition coefficient (Wildman–Crippen LogP) is 0.627. The van der Waals surface area contributed by atoms with Crippen molar-refractivity contribution in [2.45, 2.75) is 32.6 Å². The van der Waals surface area contributed by atoms with Gasteiger partial charge in [0.05, 0.1) is 5.75 Å². The van der Waals surface area contributed by atoms with Crippen molar-refractivity contribution in [3.63, 3.8) is 0 Å². The number of sulfone groups is 1. The fourth-order valence-corrected chi connectivity index (χ4v) is 3.23. The average molecular weight is 288 g/mol. The zero-order chi connectivity index (χ0) is 14.1. The third-order valence-corrected chi connectivity index (χ3v) is 4.69. The minimum absolute atomic E-state index is 0.112. The molecule has 110 valence electrons. The lowest BCUT2D eigenvalue weighted by Crippen LogP contribution is -2.34. The van der Waals surface area contributed by atoms with E-state index in [1.54, 1.807) is 0 Å². The van der Waals surface area contributed by atoms with Gasteiger partial charge in [-0.1, -0.05) is 31.4 Å². The first-order chi connectivity index (χ1) is 9.03. The first-order valence-corrected chi connectivity index (χ1v) is 8.71. The van der Waals surface area contributed by atoms with E-state index in [2.05, 4.69) is 10.6 Å². The van der Waals surface area contributed by atoms with Crippen LogP contribution in [0.25, 0.3) is 0 Å². The second kappa shape index (κ2) is 8.32. The molecule has 1 heterocycles. The van der Waals surface area contributed by atoms with Crippen LogP contribution < -0.4 is 10.6 Å². The summed E-state index contributed by atoms with van der Waals surface area (Å²) in [5, 5.41) is 5.87. The number of rotatable bonds is 8. The lowest BCUT2D eigenvalue weighted by Gasteiger charge is -2.14. The SMILES string of the molecule is CCCCCS(=O)(=O)CC(=O)NCC1=CCNCC1. The van der Waals surface area contributed by atoms with E-state index in [-0.39, 0.29) is 11.5 Å². The van der Waals surface area contributed by atoms with Gasteiger partial charge in [-0.2, -0.15) is 0 Å². The van der Waals surface area contributed by atoms with Crippen LogP contribution in [0, 0.1) is 0 Å². The van der Waals surface area contributed by atoms with Crippen molar-refractivity contribution < 1.29 is 13.2 Å². The average Bonchev–Trinajstić information content (AvgIpc) is 2.37. The second-order valence-electron chi connectivity index (χ2n) is 4.89. The molecule has 0 aliphatic carbocycles. The first-order valence-electron chi connectivity index (χ1n) is 6.89. The zero-order valence-electron chi connectivity index (χ0n) is 11.6. The Bertz CT molecular complexity index is 416. The maximum atomic E-state index is 11.7. The van der Waals surface area contributed by atoms with Gasteiger partial charge in [0.25, 0.3) is 0 Å². The van der Waals surface area contributed by atoms with Crippen LogP contribution in [-0.4, -0.2) is 45.5 Å². The van der Waals surface area contributed by atoms with Crippen LogP contribution in [0.1, 0.15) is 32.6 Å². The highest BCUT2D eigenvalue weighted by molar-refractivity contribution is 7.92. The van der Waals surface area contributed by atoms with E-state index in [0.29, 0.717) is 13.0 Å². The Morgan fingerprint density at radius 3 is 2.84 bits per heavy atom. The van der Waals surface area contributed by atoms with Gasteiger partial charge in [-0.05, 0) is 19.4 Å². The van der Waals surface area contributed by atoms with Crippen LogP contribution >= 0.6 is 0 Å². The molecular weight excluding hydrogens is 264 g/mol. The van der Waals surface area contributed by atoms with E-state index in [1.807, 2.05) is 13.0 Å². The Kier molecular flexibility index (Phi) is 7.09. The number of carbonyl (C=O) groups is 1. The monoisotopic (exact) mass is 288 g/mol. The van der Waals surface area contributed by atoms with Crippen LogP contribution in [0.15, 0.2) is 11.6 Å². The van der Waals surface area contributed by atoms with Crippen molar-refractivity contribution in [3.8, 4) is 0 Å². The van der Waals surface area contributed by atoms with Gasteiger partial charge in [0.1, 0.15) is 5.75 Å². The third-order valence-electron chi connectivity index (χ3n) is 3.08. The van der Waals surface area contributed by atoms with Crippen molar-refractivity contribution in [2.75, 3.05) is 31.1 Å². The summed E-state index contributed by atoms with van der Waals surface area (Å²) >= 11 is 0. The Morgan fingerprint density at radius 1 is 1.42 bits per heavy atom. The van der Waals surface area contributed by atoms with Crippen LogP contribution in [0.2, 0.25) is 0 Å². The summed E-state index contributed by atoms with van der Waals surface area (Å²) < 4.78 is 23.4. The van der Waals surface area contributed by atoms with Crippen LogP contribution in [0.5, 0.6) is 0 Å². The summed E-state index contributed by atoms with van der Waals surface area (Å²) in [4.78, 5) is 11.6. The fraction of sp³-hybridized carbons (Fsp3) is 0.769. The summed E-state index contributed by atoms with van der Waals surface area (Å²) in [6.07, 6.45) is 5.45. The molecule has 6 heteroatoms. The lowest BCUT2D eigenvalue weighted by molar-refractivity contribution is -0.118. The number of unbranched alkanes of at least 4 members (excludes halogenated alkanes) is 2. The second-order valence-corrected chi connectivity index (χ2v) is 7.08. The molecule has 0 aromatic rings. The molecular formula is C13H24N2O3S. The summed E-state index contributed by atoms with van der Waals surface area (Å²) in [5.41, 5.74) is 1.16. The molecule has 0 aromatic heterocycles. The zero-order valence-corrected chi connectivity index (χ0v) is 12.4. The van der Waals surface area contributed by atoms with Crippen LogP contribution in [0.4, 0.5) is 0 Å². The van der Waals surface area contributed by atoms with Crippen molar-refractivity contribution in [3.05, 3.63) is 11.6 Å². The number of hydrogen-bond acceptors (Lipinski definition) is 4. The van der Waals surface area contributed by atoms with Crippen molar-refractivity contribution in [1.82, 2.24) is 10.6 Å². The summed E-state index contributed by atoms with van der Waals surface area (Å²) in [6, 6.07) is 0. The number of hydrogen-bond donors (Lipinski definition) is 2. The lowest BCUT2D eigenvalue weighted by atomic mass is 10.1. The number of amides is 1. The molecule has 19 heavy (non-hydrogen) atoms. The van der Waals surface area contributed by atoms with Gasteiger partial charge in [0.15, 0.2) is 9.84 Å². The van der Waals surface area contributed by atoms with E-state index < -0.39 is 15.7 Å². The third kappa shape index (κ3) is 7.32. The fourth-order valence-electron chi connectivity index (χ4n) is 1.94. The quantitative estimate of drug-likeness (QED) is 0.507. The predicted molar refractivity (Wildman–Crippen MR) is 76.8 cm³/mol. The molecule has 1 rings (SSSR count). The molecule has 0 unspecified atom stereocenters. The molecule has 0 saturated carbocycles. The maximum Gasteiger partial charge on any atom is 0.235 e. The Labute approximate surface area is 115 Å². The van der Waals surface area contributed by atoms with Crippen LogP contribution in [0.3, 0.4) is 0 Å². The molecule has 0 bridgehead atoms. The maximum absolute atomic E-state index is 11.7. The molecule has 5 nitrogen and oxygen atoms in total. The standard InChI is InChI=1S/C13H24N2O3S/c1-2-3-4-9-19(17,18)11-13(16)15-10-12-5-7-14-8-6-12/h5,14H,2-4,6-11H2,1H3,(H,15,16). The largest absolute Gasteiger partial charge is 0.351 e. The van der Waals surface area contributed by atoms with E-state index in [1.165, 1.54) is 0 Å². The highest BCUT2D eigenvalue weighted by Crippen LogP contribution is 2.03. The number of carbonyl (C=O) groups excluding carboxylic acids is 1. The smallest absolute Gasteiger partial charge is 0.235 e. The number of nitrogens with one attached hydrogen (secondary N) is 2. The molecule has 0 radical (unpaired) electrons. The molecule has 0 aromatic carbocycles. The van der Waals surface area contributed by atoms with E-state index in [4.69, 9.17) is 0 Å². The van der Waals surface area contributed by atoms with Gasteiger partial charge in [0, 0.05) is 13.1 Å². The molecule has 0 saturated heterocycles. The molecule has 1 aliphatic rings. The molecule has 1 aliphatic heterocycles. The highest BCUT2D eigenvalue weighted by atomic mass is 32.2. The normalized spacial score (nSPS) is 15.9. The highest BCUT2D eigenvalue weighted by Gasteiger charge is 2.16. The van der Waals surface area contributed by atoms with Crippen molar-refractivity contribution in [2.24, 2.45) is 0 Å². The van der Waals surface area contributed by atoms with E-state index in [0.717, 1.165) is 37.9 Å². The van der Waals surface area contributed by atoms with Gasteiger partial charge in [-0.3, -0.25) is 4.79 Å². The Morgan fingerprint density at radius 2 is 2.21 bits per heavy atom. The minimum atomic E-state index is -3.25. The molecule has 0 spiro atoms. The molecule has 0 atom stereocenters. The van der Waals surface area contributed by atoms with Gasteiger partial charge in [0.2, 0.25) is 5.91 Å². The molecule has 1 amide bonds. The summed E-state index contributed by atoms with van der Waals surface area (Å²) in [6.45, 7) is 4.22. The summed E-state index contributed by atoms with van der Waals surface area (Å²) in [7, 11) is -3.25. The molecule has 2 N–H and O–H groups in total. The van der Waals surface area contributed by atoms with E-state index in [9.17, 15) is 13.2 Å². The van der Waals surface area contributed by atoms with Crippen LogP contribution in [-0.2, 0) is 14.6 Å².